The number of carbonyl (C=O) groups excluding carboxylic acids is 1. The number of hydrogen-bond acceptors (Lipinski definition) is 2. The summed E-state index contributed by atoms with van der Waals surface area (Å²) >= 11 is 2.00. The van der Waals surface area contributed by atoms with Crippen LogP contribution in [-0.2, 0) is 9.53 Å². The summed E-state index contributed by atoms with van der Waals surface area (Å²) in [6, 6.07) is 0. The molecule has 12 heavy (non-hydrogen) atoms. The highest BCUT2D eigenvalue weighted by atomic mass is 127. The summed E-state index contributed by atoms with van der Waals surface area (Å²) in [7, 11) is 0. The molecule has 2 nitrogen and oxygen atoms in total. The molecule has 0 radical (unpaired) electrons. The van der Waals surface area contributed by atoms with E-state index in [1.165, 1.54) is 0 Å². The predicted molar refractivity (Wildman–Crippen MR) is 58.2 cm³/mol. The lowest BCUT2D eigenvalue weighted by molar-refractivity contribution is -0.137. The molecule has 0 rings (SSSR count). The van der Waals surface area contributed by atoms with Gasteiger partial charge in [-0.05, 0) is 48.4 Å². The normalized spacial score (nSPS) is 11.9. The maximum Gasteiger partial charge on any atom is 0.344 e. The third kappa shape index (κ3) is 3.90. The smallest absolute Gasteiger partial charge is 0.344 e. The highest BCUT2D eigenvalue weighted by Crippen LogP contribution is 2.17. The molecule has 3 heteroatoms. The maximum atomic E-state index is 11.1. The molecule has 0 amide bonds. The zero-order valence-corrected chi connectivity index (χ0v) is 9.55. The molecule has 0 aromatic rings. The van der Waals surface area contributed by atoms with E-state index in [4.69, 9.17) is 4.74 Å². The third-order valence-electron chi connectivity index (χ3n) is 1.28. The molecule has 0 N–H and O–H groups in total. The van der Waals surface area contributed by atoms with E-state index in [1.807, 2.05) is 29.5 Å². The van der Waals surface area contributed by atoms with Gasteiger partial charge in [-0.25, -0.2) is 4.79 Å². The van der Waals surface area contributed by atoms with Crippen LogP contribution in [0.25, 0.3) is 0 Å². The molecule has 0 bridgehead atoms. The summed E-state index contributed by atoms with van der Waals surface area (Å²) in [4.78, 5) is 11.1. The first kappa shape index (κ1) is 11.7. The maximum absolute atomic E-state index is 11.1. The molecule has 0 aliphatic heterocycles. The molecule has 0 saturated carbocycles. The van der Waals surface area contributed by atoms with Crippen LogP contribution in [0.2, 0.25) is 0 Å². The van der Waals surface area contributed by atoms with E-state index in [-0.39, 0.29) is 5.97 Å². The summed E-state index contributed by atoms with van der Waals surface area (Å²) < 4.78 is 5.49. The monoisotopic (exact) mass is 280 g/mol. The lowest BCUT2D eigenvalue weighted by Gasteiger charge is -2.03. The fraction of sp³-hybridized carbons (Fsp3) is 0.444. The molecule has 0 aliphatic carbocycles. The first-order chi connectivity index (χ1) is 5.63. The average molecular weight is 280 g/mol. The summed E-state index contributed by atoms with van der Waals surface area (Å²) in [5.74, 6) is -0.238. The second-order valence-electron chi connectivity index (χ2n) is 2.31. The third-order valence-corrected chi connectivity index (χ3v) is 2.64. The molecule has 0 aromatic heterocycles. The first-order valence-electron chi connectivity index (χ1n) is 3.76. The molecule has 0 aromatic carbocycles. The Balaban J connectivity index is 4.31. The Hall–Kier alpha value is -0.320. The van der Waals surface area contributed by atoms with Gasteiger partial charge < -0.3 is 4.74 Å². The van der Waals surface area contributed by atoms with E-state index in [0.717, 1.165) is 12.0 Å². The van der Waals surface area contributed by atoms with Gasteiger partial charge in [0.25, 0.3) is 0 Å². The molecule has 0 heterocycles. The number of ether oxygens (including phenoxy) is 1. The Morgan fingerprint density at radius 2 is 2.25 bits per heavy atom. The van der Waals surface area contributed by atoms with Gasteiger partial charge in [0.1, 0.15) is 0 Å². The van der Waals surface area contributed by atoms with E-state index < -0.39 is 0 Å². The Morgan fingerprint density at radius 1 is 1.67 bits per heavy atom. The zero-order chi connectivity index (χ0) is 9.56. The van der Waals surface area contributed by atoms with Crippen LogP contribution in [0.4, 0.5) is 0 Å². The molecule has 0 spiro atoms. The predicted octanol–water partition coefficient (Wildman–Crippen LogP) is 2.83. The van der Waals surface area contributed by atoms with Crippen molar-refractivity contribution in [3.63, 3.8) is 0 Å². The molecule has 0 aliphatic rings. The van der Waals surface area contributed by atoms with Crippen molar-refractivity contribution in [3.05, 3.63) is 21.8 Å². The van der Waals surface area contributed by atoms with Gasteiger partial charge in [0, 0.05) is 0 Å². The second kappa shape index (κ2) is 6.22. The summed E-state index contributed by atoms with van der Waals surface area (Å²) in [5, 5.41) is 0. The Morgan fingerprint density at radius 3 is 2.67 bits per heavy atom. The topological polar surface area (TPSA) is 26.3 Å². The van der Waals surface area contributed by atoms with Gasteiger partial charge >= 0.3 is 5.97 Å². The van der Waals surface area contributed by atoms with Crippen LogP contribution in [0.3, 0.4) is 0 Å². The second-order valence-corrected chi connectivity index (χ2v) is 3.39. The highest BCUT2D eigenvalue weighted by molar-refractivity contribution is 14.1. The number of halogens is 1. The Bertz CT molecular complexity index is 207. The first-order valence-corrected chi connectivity index (χ1v) is 4.84. The van der Waals surface area contributed by atoms with Crippen molar-refractivity contribution in [2.24, 2.45) is 0 Å². The minimum atomic E-state index is -0.238. The van der Waals surface area contributed by atoms with Crippen LogP contribution in [0, 0.1) is 0 Å². The van der Waals surface area contributed by atoms with Crippen LogP contribution >= 0.6 is 22.6 Å². The molecule has 68 valence electrons. The van der Waals surface area contributed by atoms with Crippen molar-refractivity contribution >= 4 is 28.6 Å². The summed E-state index contributed by atoms with van der Waals surface area (Å²) in [6.45, 7) is 7.72. The van der Waals surface area contributed by atoms with Crippen LogP contribution in [-0.4, -0.2) is 12.6 Å². The largest absolute Gasteiger partial charge is 0.462 e. The SMILES string of the molecule is C=CC/C(C)=C(\I)C(=O)OCC. The van der Waals surface area contributed by atoms with Crippen molar-refractivity contribution in [2.45, 2.75) is 20.3 Å². The van der Waals surface area contributed by atoms with Gasteiger partial charge in [-0.1, -0.05) is 6.08 Å². The molecular formula is C9H13IO2. The minimum Gasteiger partial charge on any atom is -0.462 e. The number of esters is 1. The molecule has 0 atom stereocenters. The van der Waals surface area contributed by atoms with Crippen LogP contribution in [0.15, 0.2) is 21.8 Å². The van der Waals surface area contributed by atoms with Crippen molar-refractivity contribution in [1.29, 1.82) is 0 Å². The van der Waals surface area contributed by atoms with Crippen molar-refractivity contribution in [3.8, 4) is 0 Å². The van der Waals surface area contributed by atoms with Crippen molar-refractivity contribution in [2.75, 3.05) is 6.61 Å². The molecule has 0 unspecified atom stereocenters. The van der Waals surface area contributed by atoms with Crippen LogP contribution in [0.1, 0.15) is 20.3 Å². The quantitative estimate of drug-likeness (QED) is 0.342. The minimum absolute atomic E-state index is 0.238. The lowest BCUT2D eigenvalue weighted by Crippen LogP contribution is -2.04. The van der Waals surface area contributed by atoms with Gasteiger partial charge in [-0.15, -0.1) is 6.58 Å². The Labute approximate surface area is 86.8 Å². The van der Waals surface area contributed by atoms with E-state index in [9.17, 15) is 4.79 Å². The van der Waals surface area contributed by atoms with Gasteiger partial charge in [-0.3, -0.25) is 0 Å². The average Bonchev–Trinajstić information content (AvgIpc) is 2.04. The molecule has 0 fully saturated rings. The number of rotatable bonds is 4. The van der Waals surface area contributed by atoms with E-state index in [1.54, 1.807) is 13.0 Å². The van der Waals surface area contributed by atoms with Crippen LogP contribution in [0.5, 0.6) is 0 Å². The zero-order valence-electron chi connectivity index (χ0n) is 7.39. The van der Waals surface area contributed by atoms with Gasteiger partial charge in [0.05, 0.1) is 10.2 Å². The molecule has 0 saturated heterocycles. The van der Waals surface area contributed by atoms with E-state index in [2.05, 4.69) is 6.58 Å². The van der Waals surface area contributed by atoms with Gasteiger partial charge in [-0.2, -0.15) is 0 Å². The highest BCUT2D eigenvalue weighted by Gasteiger charge is 2.08. The number of hydrogen-bond donors (Lipinski definition) is 0. The van der Waals surface area contributed by atoms with Crippen molar-refractivity contribution < 1.29 is 9.53 Å². The number of allylic oxidation sites excluding steroid dienone is 2. The fourth-order valence-corrected chi connectivity index (χ4v) is 1.05. The standard InChI is InChI=1S/C9H13IO2/c1-4-6-7(3)8(10)9(11)12-5-2/h4H,1,5-6H2,2-3H3/b8-7-. The van der Waals surface area contributed by atoms with E-state index >= 15 is 0 Å². The summed E-state index contributed by atoms with van der Waals surface area (Å²) in [5.41, 5.74) is 1.00. The fourth-order valence-electron chi connectivity index (χ4n) is 0.675. The van der Waals surface area contributed by atoms with E-state index in [0.29, 0.717) is 10.2 Å². The number of carbonyl (C=O) groups is 1. The van der Waals surface area contributed by atoms with Crippen molar-refractivity contribution in [1.82, 2.24) is 0 Å². The molecular weight excluding hydrogens is 267 g/mol. The van der Waals surface area contributed by atoms with Crippen LogP contribution < -0.4 is 0 Å². The Kier molecular flexibility index (Phi) is 6.06. The van der Waals surface area contributed by atoms with Gasteiger partial charge in [0.2, 0.25) is 0 Å². The lowest BCUT2D eigenvalue weighted by atomic mass is 10.2. The van der Waals surface area contributed by atoms with Gasteiger partial charge in [0.15, 0.2) is 0 Å². The summed E-state index contributed by atoms with van der Waals surface area (Å²) in [6.07, 6.45) is 2.50.